The average Bonchev–Trinajstić information content (AvgIpc) is 3.03. The minimum Gasteiger partial charge on any atom is -0.490 e. The number of allylic oxidation sites excluding steroid dienone is 1. The number of hydrogen-bond acceptors (Lipinski definition) is 10. The van der Waals surface area contributed by atoms with Crippen molar-refractivity contribution >= 4 is 41.4 Å². The summed E-state index contributed by atoms with van der Waals surface area (Å²) in [6, 6.07) is 15.8. The number of ether oxygens (including phenoxy) is 4. The van der Waals surface area contributed by atoms with E-state index in [2.05, 4.69) is 27.2 Å². The maximum Gasteiger partial charge on any atom is 0.337 e. The van der Waals surface area contributed by atoms with E-state index in [1.165, 1.54) is 13.3 Å². The van der Waals surface area contributed by atoms with Gasteiger partial charge in [-0.05, 0) is 61.4 Å². The number of amides is 2. The summed E-state index contributed by atoms with van der Waals surface area (Å²) in [4.78, 5) is 24.6. The Hall–Kier alpha value is -4.96. The van der Waals surface area contributed by atoms with Gasteiger partial charge in [-0.3, -0.25) is 5.43 Å². The minimum atomic E-state index is -1.23. The lowest BCUT2D eigenvalue weighted by molar-refractivity contribution is -0.136. The Labute approximate surface area is 275 Å². The number of nitrogens with one attached hydrogen (secondary N) is 3. The number of hydrogen-bond donors (Lipinski definition) is 4. The van der Waals surface area contributed by atoms with E-state index in [0.717, 1.165) is 5.56 Å². The van der Waals surface area contributed by atoms with Gasteiger partial charge in [-0.2, -0.15) is 10.4 Å². The van der Waals surface area contributed by atoms with E-state index < -0.39 is 24.3 Å². The van der Waals surface area contributed by atoms with Crippen molar-refractivity contribution in [2.75, 3.05) is 20.3 Å². The molecule has 0 aliphatic carbocycles. The summed E-state index contributed by atoms with van der Waals surface area (Å²) < 4.78 is 22.4. The van der Waals surface area contributed by atoms with Crippen molar-refractivity contribution < 1.29 is 33.6 Å². The van der Waals surface area contributed by atoms with Crippen LogP contribution in [0.1, 0.15) is 42.1 Å². The van der Waals surface area contributed by atoms with Crippen LogP contribution >= 0.6 is 23.2 Å². The van der Waals surface area contributed by atoms with Crippen molar-refractivity contribution in [1.82, 2.24) is 16.1 Å². The lowest BCUT2D eigenvalue weighted by Gasteiger charge is -2.28. The van der Waals surface area contributed by atoms with Gasteiger partial charge in [-0.15, -0.1) is 0 Å². The van der Waals surface area contributed by atoms with Gasteiger partial charge >= 0.3 is 12.0 Å². The molecule has 0 spiro atoms. The van der Waals surface area contributed by atoms with E-state index in [1.807, 2.05) is 0 Å². The van der Waals surface area contributed by atoms with Crippen LogP contribution in [0.5, 0.6) is 17.2 Å². The highest BCUT2D eigenvalue weighted by Crippen LogP contribution is 2.35. The van der Waals surface area contributed by atoms with Gasteiger partial charge in [0.2, 0.25) is 0 Å². The average molecular weight is 669 g/mol. The third kappa shape index (κ3) is 8.60. The molecular formula is C32H31Cl2N5O7. The summed E-state index contributed by atoms with van der Waals surface area (Å²) >= 11 is 12.6. The molecule has 2 atom stereocenters. The molecule has 0 saturated carbocycles. The van der Waals surface area contributed by atoms with Crippen LogP contribution in [0.15, 0.2) is 71.0 Å². The lowest BCUT2D eigenvalue weighted by Crippen LogP contribution is -2.45. The predicted molar refractivity (Wildman–Crippen MR) is 171 cm³/mol. The van der Waals surface area contributed by atoms with Gasteiger partial charge in [-0.25, -0.2) is 9.59 Å². The maximum atomic E-state index is 12.5. The molecule has 0 aromatic heterocycles. The zero-order valence-electron chi connectivity index (χ0n) is 25.1. The fourth-order valence-corrected chi connectivity index (χ4v) is 5.04. The third-order valence-corrected chi connectivity index (χ3v) is 7.10. The standard InChI is InChI=1S/C32H31Cl2N5O7/c1-4-44-26-12-21(29-28(31(41)43-3)18(2)37-32(42)38-29)9-10-25(26)45-17-27(40)39-36-15-22-11-23(33)13-24(34)30(22)46-16-20-7-5-19(14-35)6-8-20/h5-13,15,27,29,39-40H,4,16-17H2,1-3H3,(H2,37,38,42)/b36-15+/t27-,29-/m0/s1. The zero-order chi connectivity index (χ0) is 33.2. The molecule has 12 nitrogen and oxygen atoms in total. The molecule has 1 heterocycles. The smallest absolute Gasteiger partial charge is 0.337 e. The van der Waals surface area contributed by atoms with E-state index in [4.69, 9.17) is 47.4 Å². The molecular weight excluding hydrogens is 637 g/mol. The number of rotatable bonds is 13. The summed E-state index contributed by atoms with van der Waals surface area (Å²) in [5.41, 5.74) is 5.59. The minimum absolute atomic E-state index is 0.183. The molecule has 3 aromatic carbocycles. The first-order valence-corrected chi connectivity index (χ1v) is 14.7. The molecule has 14 heteroatoms. The van der Waals surface area contributed by atoms with Gasteiger partial charge in [-0.1, -0.05) is 41.4 Å². The van der Waals surface area contributed by atoms with Crippen molar-refractivity contribution in [2.24, 2.45) is 5.10 Å². The monoisotopic (exact) mass is 667 g/mol. The maximum absolute atomic E-state index is 12.5. The number of halogens is 2. The Bertz CT molecular complexity index is 1690. The predicted octanol–water partition coefficient (Wildman–Crippen LogP) is 4.96. The lowest BCUT2D eigenvalue weighted by atomic mass is 9.95. The van der Waals surface area contributed by atoms with E-state index in [0.29, 0.717) is 51.3 Å². The number of aliphatic hydroxyl groups excluding tert-OH is 1. The Kier molecular flexibility index (Phi) is 11.7. The second kappa shape index (κ2) is 15.9. The highest BCUT2D eigenvalue weighted by atomic mass is 35.5. The van der Waals surface area contributed by atoms with E-state index in [9.17, 15) is 14.7 Å². The number of urea groups is 1. The van der Waals surface area contributed by atoms with Crippen LogP contribution in [0.4, 0.5) is 4.79 Å². The van der Waals surface area contributed by atoms with Crippen molar-refractivity contribution in [3.8, 4) is 23.3 Å². The van der Waals surface area contributed by atoms with Gasteiger partial charge in [0.05, 0.1) is 48.2 Å². The van der Waals surface area contributed by atoms with Crippen LogP contribution in [-0.4, -0.2) is 49.9 Å². The Morgan fingerprint density at radius 3 is 2.59 bits per heavy atom. The summed E-state index contributed by atoms with van der Waals surface area (Å²) in [5, 5.41) is 29.5. The molecule has 4 rings (SSSR count). The molecule has 4 N–H and O–H groups in total. The summed E-state index contributed by atoms with van der Waals surface area (Å²) in [6.07, 6.45) is 0.167. The quantitative estimate of drug-likeness (QED) is 0.0853. The highest BCUT2D eigenvalue weighted by molar-refractivity contribution is 6.36. The topological polar surface area (TPSA) is 164 Å². The van der Waals surface area contributed by atoms with Crippen LogP contribution in [0.2, 0.25) is 10.0 Å². The first-order chi connectivity index (χ1) is 22.1. The first kappa shape index (κ1) is 33.9. The van der Waals surface area contributed by atoms with Gasteiger partial charge < -0.3 is 34.7 Å². The number of esters is 1. The molecule has 1 aliphatic heterocycles. The molecule has 0 radical (unpaired) electrons. The summed E-state index contributed by atoms with van der Waals surface area (Å²) in [5.74, 6) is 0.394. The number of nitriles is 1. The van der Waals surface area contributed by atoms with Crippen molar-refractivity contribution in [2.45, 2.75) is 32.7 Å². The fourth-order valence-electron chi connectivity index (χ4n) is 4.47. The van der Waals surface area contributed by atoms with Crippen LogP contribution in [0, 0.1) is 11.3 Å². The van der Waals surface area contributed by atoms with Crippen LogP contribution in [-0.2, 0) is 16.1 Å². The van der Waals surface area contributed by atoms with Gasteiger partial charge in [0, 0.05) is 16.3 Å². The van der Waals surface area contributed by atoms with Crippen LogP contribution in [0.25, 0.3) is 0 Å². The number of hydrazone groups is 1. The van der Waals surface area contributed by atoms with E-state index >= 15 is 0 Å². The second-order valence-electron chi connectivity index (χ2n) is 9.82. The van der Waals surface area contributed by atoms with Crippen molar-refractivity contribution in [3.63, 3.8) is 0 Å². The largest absolute Gasteiger partial charge is 0.490 e. The van der Waals surface area contributed by atoms with Gasteiger partial charge in [0.1, 0.15) is 19.0 Å². The van der Waals surface area contributed by atoms with Crippen molar-refractivity contribution in [3.05, 3.63) is 98.2 Å². The fraction of sp³-hybridized carbons (Fsp3) is 0.250. The summed E-state index contributed by atoms with van der Waals surface area (Å²) in [6.45, 7) is 3.68. The molecule has 0 fully saturated rings. The van der Waals surface area contributed by atoms with Crippen LogP contribution < -0.4 is 30.3 Å². The Balaban J connectivity index is 1.42. The molecule has 46 heavy (non-hydrogen) atoms. The van der Waals surface area contributed by atoms with Gasteiger partial charge in [0.15, 0.2) is 17.7 Å². The Morgan fingerprint density at radius 1 is 1.13 bits per heavy atom. The molecule has 0 saturated heterocycles. The third-order valence-electron chi connectivity index (χ3n) is 6.60. The number of benzene rings is 3. The molecule has 0 unspecified atom stereocenters. The molecule has 240 valence electrons. The molecule has 0 bridgehead atoms. The summed E-state index contributed by atoms with van der Waals surface area (Å²) in [7, 11) is 1.26. The van der Waals surface area contributed by atoms with Crippen LogP contribution in [0.3, 0.4) is 0 Å². The number of carbonyl (C=O) groups is 2. The number of carbonyl (C=O) groups excluding carboxylic acids is 2. The number of nitrogens with zero attached hydrogens (tertiary/aromatic N) is 2. The molecule has 2 amide bonds. The van der Waals surface area contributed by atoms with E-state index in [1.54, 1.807) is 68.4 Å². The Morgan fingerprint density at radius 2 is 1.89 bits per heavy atom. The SMILES string of the molecule is CCOc1cc([C@@H]2NC(=O)NC(C)=C2C(=O)OC)ccc1OC[C@H](O)N/N=C/c1cc(Cl)cc(Cl)c1OCc1ccc(C#N)cc1. The zero-order valence-corrected chi connectivity index (χ0v) is 26.6. The number of aliphatic hydroxyl groups is 1. The molecule has 3 aromatic rings. The normalized spacial score (nSPS) is 15.0. The highest BCUT2D eigenvalue weighted by Gasteiger charge is 2.32. The molecule has 1 aliphatic rings. The van der Waals surface area contributed by atoms with Crippen molar-refractivity contribution in [1.29, 1.82) is 5.26 Å². The van der Waals surface area contributed by atoms with E-state index in [-0.39, 0.29) is 23.8 Å². The second-order valence-corrected chi connectivity index (χ2v) is 10.7. The van der Waals surface area contributed by atoms with Gasteiger partial charge in [0.25, 0.3) is 0 Å². The first-order valence-electron chi connectivity index (χ1n) is 14.0. The number of methoxy groups -OCH3 is 1.